The summed E-state index contributed by atoms with van der Waals surface area (Å²) >= 11 is 7.55. The van der Waals surface area contributed by atoms with Crippen molar-refractivity contribution < 1.29 is 14.1 Å². The fourth-order valence-electron chi connectivity index (χ4n) is 3.70. The third-order valence-electron chi connectivity index (χ3n) is 5.10. The molecule has 6 heteroatoms. The standard InChI is InChI=1S/C24H24ClN2O2S/c1-3-26-13-11-18(20-7-4-5-8-21(20)26)15-24-27(12-6-14-30-17(2)28)22-10-9-19(25)16-23(22)29-24/h4-5,7-11,13,15-16H,3,6,12,14H2,1-2H3/q+1. The van der Waals surface area contributed by atoms with Crippen molar-refractivity contribution in [3.05, 3.63) is 71.2 Å². The molecule has 0 saturated heterocycles. The lowest BCUT2D eigenvalue weighted by Crippen LogP contribution is -2.32. The Balaban J connectivity index is 1.70. The number of fused-ring (bicyclic) bond motifs is 2. The van der Waals surface area contributed by atoms with Crippen molar-refractivity contribution in [1.29, 1.82) is 0 Å². The molecule has 0 bridgehead atoms. The van der Waals surface area contributed by atoms with Crippen molar-refractivity contribution in [1.82, 2.24) is 0 Å². The van der Waals surface area contributed by atoms with Gasteiger partial charge < -0.3 is 9.64 Å². The van der Waals surface area contributed by atoms with E-state index in [1.54, 1.807) is 6.92 Å². The Bertz CT molecular complexity index is 1130. The van der Waals surface area contributed by atoms with Crippen molar-refractivity contribution in [3.8, 4) is 5.75 Å². The Labute approximate surface area is 186 Å². The van der Waals surface area contributed by atoms with Gasteiger partial charge in [-0.25, -0.2) is 0 Å². The zero-order valence-corrected chi connectivity index (χ0v) is 18.7. The minimum atomic E-state index is 0.149. The Morgan fingerprint density at radius 3 is 2.87 bits per heavy atom. The predicted octanol–water partition coefficient (Wildman–Crippen LogP) is 5.67. The van der Waals surface area contributed by atoms with Crippen LogP contribution in [0.4, 0.5) is 5.69 Å². The van der Waals surface area contributed by atoms with E-state index in [9.17, 15) is 4.79 Å². The van der Waals surface area contributed by atoms with E-state index in [0.29, 0.717) is 5.02 Å². The van der Waals surface area contributed by atoms with Gasteiger partial charge in [0.25, 0.3) is 0 Å². The zero-order chi connectivity index (χ0) is 21.1. The van der Waals surface area contributed by atoms with Gasteiger partial charge in [-0.15, -0.1) is 0 Å². The number of aryl methyl sites for hydroxylation is 1. The maximum absolute atomic E-state index is 11.3. The maximum Gasteiger partial charge on any atom is 0.213 e. The molecule has 1 aromatic heterocycles. The van der Waals surface area contributed by atoms with Gasteiger partial charge in [-0.2, -0.15) is 4.57 Å². The van der Waals surface area contributed by atoms with E-state index in [1.807, 2.05) is 18.2 Å². The van der Waals surface area contributed by atoms with Crippen LogP contribution in [0.2, 0.25) is 5.02 Å². The van der Waals surface area contributed by atoms with Crippen LogP contribution in [0.1, 0.15) is 25.8 Å². The number of rotatable bonds is 6. The maximum atomic E-state index is 11.3. The molecule has 0 fully saturated rings. The molecule has 1 aliphatic heterocycles. The molecule has 4 nitrogen and oxygen atoms in total. The summed E-state index contributed by atoms with van der Waals surface area (Å²) in [5, 5.41) is 1.98. The highest BCUT2D eigenvalue weighted by atomic mass is 35.5. The minimum absolute atomic E-state index is 0.149. The van der Waals surface area contributed by atoms with Crippen LogP contribution in [0.25, 0.3) is 17.0 Å². The van der Waals surface area contributed by atoms with Crippen LogP contribution >= 0.6 is 23.4 Å². The van der Waals surface area contributed by atoms with Gasteiger partial charge in [-0.1, -0.05) is 35.5 Å². The number of thioether (sulfide) groups is 1. The Hall–Kier alpha value is -2.50. The molecule has 30 heavy (non-hydrogen) atoms. The number of ether oxygens (including phenoxy) is 1. The van der Waals surface area contributed by atoms with Crippen LogP contribution in [0.15, 0.2) is 60.6 Å². The van der Waals surface area contributed by atoms with Gasteiger partial charge in [0.1, 0.15) is 6.54 Å². The third kappa shape index (κ3) is 4.32. The van der Waals surface area contributed by atoms with Crippen molar-refractivity contribution in [2.75, 3.05) is 17.2 Å². The van der Waals surface area contributed by atoms with Gasteiger partial charge in [-0.3, -0.25) is 4.79 Å². The SMILES string of the molecule is CC[n+]1ccc(/C=C2\Oc3cc(Cl)ccc3N2CCCSC(C)=O)c2ccccc21. The molecule has 0 saturated carbocycles. The lowest BCUT2D eigenvalue weighted by Gasteiger charge is -2.18. The molecule has 2 aromatic carbocycles. The second kappa shape index (κ2) is 9.11. The van der Waals surface area contributed by atoms with Crippen molar-refractivity contribution in [2.24, 2.45) is 0 Å². The number of hydrogen-bond donors (Lipinski definition) is 0. The number of para-hydroxylation sites is 1. The van der Waals surface area contributed by atoms with Crippen molar-refractivity contribution >= 4 is 51.1 Å². The molecular formula is C24H24ClN2O2S+. The summed E-state index contributed by atoms with van der Waals surface area (Å²) in [5.41, 5.74) is 3.30. The molecule has 154 valence electrons. The number of hydrogen-bond acceptors (Lipinski definition) is 4. The number of halogens is 1. The first-order chi connectivity index (χ1) is 14.6. The monoisotopic (exact) mass is 439 g/mol. The molecule has 3 aromatic rings. The molecule has 0 atom stereocenters. The Kier molecular flexibility index (Phi) is 6.30. The van der Waals surface area contributed by atoms with Crippen LogP contribution in [-0.2, 0) is 11.3 Å². The molecule has 0 spiro atoms. The van der Waals surface area contributed by atoms with Gasteiger partial charge in [0, 0.05) is 48.5 Å². The van der Waals surface area contributed by atoms with E-state index in [-0.39, 0.29) is 5.12 Å². The quantitative estimate of drug-likeness (QED) is 0.366. The highest BCUT2D eigenvalue weighted by molar-refractivity contribution is 8.13. The van der Waals surface area contributed by atoms with E-state index in [4.69, 9.17) is 16.3 Å². The number of carbonyl (C=O) groups excluding carboxylic acids is 1. The third-order valence-corrected chi connectivity index (χ3v) is 6.24. The average molecular weight is 440 g/mol. The van der Waals surface area contributed by atoms with E-state index in [0.717, 1.165) is 48.1 Å². The van der Waals surface area contributed by atoms with Crippen LogP contribution in [0.3, 0.4) is 0 Å². The molecule has 2 heterocycles. The molecule has 0 N–H and O–H groups in total. The Morgan fingerprint density at radius 2 is 2.07 bits per heavy atom. The summed E-state index contributed by atoms with van der Waals surface area (Å²) in [6.45, 7) is 5.43. The van der Waals surface area contributed by atoms with Crippen LogP contribution in [0, 0.1) is 0 Å². The highest BCUT2D eigenvalue weighted by Gasteiger charge is 2.26. The number of nitrogens with zero attached hydrogens (tertiary/aromatic N) is 2. The second-order valence-electron chi connectivity index (χ2n) is 7.12. The summed E-state index contributed by atoms with van der Waals surface area (Å²) in [6, 6.07) is 16.3. The number of anilines is 1. The number of aromatic nitrogens is 1. The number of benzene rings is 2. The van der Waals surface area contributed by atoms with Gasteiger partial charge in [0.2, 0.25) is 11.4 Å². The predicted molar refractivity (Wildman–Crippen MR) is 125 cm³/mol. The molecule has 0 unspecified atom stereocenters. The molecular weight excluding hydrogens is 416 g/mol. The molecule has 0 amide bonds. The first-order valence-electron chi connectivity index (χ1n) is 10.1. The topological polar surface area (TPSA) is 33.4 Å². The molecule has 1 aliphatic rings. The van der Waals surface area contributed by atoms with Crippen LogP contribution in [0.5, 0.6) is 5.75 Å². The van der Waals surface area contributed by atoms with Gasteiger partial charge in [-0.05, 0) is 37.1 Å². The molecule has 0 radical (unpaired) electrons. The van der Waals surface area contributed by atoms with Gasteiger partial charge in [0.15, 0.2) is 17.1 Å². The van der Waals surface area contributed by atoms with E-state index >= 15 is 0 Å². The lowest BCUT2D eigenvalue weighted by atomic mass is 10.1. The molecule has 4 rings (SSSR count). The normalized spacial score (nSPS) is 14.2. The van der Waals surface area contributed by atoms with E-state index in [1.165, 1.54) is 22.7 Å². The largest absolute Gasteiger partial charge is 0.439 e. The minimum Gasteiger partial charge on any atom is -0.439 e. The summed E-state index contributed by atoms with van der Waals surface area (Å²) in [7, 11) is 0. The smallest absolute Gasteiger partial charge is 0.213 e. The van der Waals surface area contributed by atoms with Crippen LogP contribution < -0.4 is 14.2 Å². The summed E-state index contributed by atoms with van der Waals surface area (Å²) < 4.78 is 8.44. The summed E-state index contributed by atoms with van der Waals surface area (Å²) in [5.74, 6) is 2.32. The Morgan fingerprint density at radius 1 is 1.23 bits per heavy atom. The summed E-state index contributed by atoms with van der Waals surface area (Å²) in [4.78, 5) is 13.4. The van der Waals surface area contributed by atoms with Crippen molar-refractivity contribution in [3.63, 3.8) is 0 Å². The van der Waals surface area contributed by atoms with E-state index in [2.05, 4.69) is 59.0 Å². The molecule has 0 aliphatic carbocycles. The number of pyridine rings is 1. The van der Waals surface area contributed by atoms with Gasteiger partial charge >= 0.3 is 0 Å². The van der Waals surface area contributed by atoms with Gasteiger partial charge in [0.05, 0.1) is 11.1 Å². The second-order valence-corrected chi connectivity index (χ2v) is 8.82. The number of carbonyl (C=O) groups is 1. The van der Waals surface area contributed by atoms with Crippen molar-refractivity contribution in [2.45, 2.75) is 26.8 Å². The average Bonchev–Trinajstić information content (AvgIpc) is 3.07. The lowest BCUT2D eigenvalue weighted by molar-refractivity contribution is -0.667. The van der Waals surface area contributed by atoms with E-state index < -0.39 is 0 Å². The van der Waals surface area contributed by atoms with Crippen LogP contribution in [-0.4, -0.2) is 17.4 Å². The first kappa shape index (κ1) is 20.8. The fraction of sp³-hybridized carbons (Fsp3) is 0.250. The highest BCUT2D eigenvalue weighted by Crippen LogP contribution is 2.41. The first-order valence-corrected chi connectivity index (χ1v) is 11.4. The zero-order valence-electron chi connectivity index (χ0n) is 17.1. The fourth-order valence-corrected chi connectivity index (χ4v) is 4.42. The summed E-state index contributed by atoms with van der Waals surface area (Å²) in [6.07, 6.45) is 5.08.